The molecule has 0 aliphatic carbocycles. The minimum absolute atomic E-state index is 0.112. The van der Waals surface area contributed by atoms with Gasteiger partial charge in [-0.25, -0.2) is 9.97 Å². The summed E-state index contributed by atoms with van der Waals surface area (Å²) in [4.78, 5) is 19.7. The van der Waals surface area contributed by atoms with Crippen LogP contribution in [0.2, 0.25) is 0 Å². The van der Waals surface area contributed by atoms with Crippen LogP contribution in [0.1, 0.15) is 22.0 Å². The molecular weight excluding hydrogens is 220 g/mol. The third-order valence-electron chi connectivity index (χ3n) is 2.26. The lowest BCUT2D eigenvalue weighted by molar-refractivity contribution is 0.0964. The molecule has 0 unspecified atom stereocenters. The zero-order valence-corrected chi connectivity index (χ0v) is 9.64. The maximum Gasteiger partial charge on any atom is 0.216 e. The first-order chi connectivity index (χ1) is 8.19. The lowest BCUT2D eigenvalue weighted by atomic mass is 10.2. The van der Waals surface area contributed by atoms with Crippen LogP contribution in [0.3, 0.4) is 0 Å². The van der Waals surface area contributed by atoms with Crippen molar-refractivity contribution in [3.8, 4) is 5.88 Å². The van der Waals surface area contributed by atoms with Gasteiger partial charge in [0, 0.05) is 6.07 Å². The van der Waals surface area contributed by atoms with Gasteiger partial charge >= 0.3 is 0 Å². The highest BCUT2D eigenvalue weighted by molar-refractivity contribution is 5.94. The van der Waals surface area contributed by atoms with Crippen LogP contribution < -0.4 is 4.74 Å². The van der Waals surface area contributed by atoms with E-state index < -0.39 is 0 Å². The van der Waals surface area contributed by atoms with Gasteiger partial charge in [-0.3, -0.25) is 4.79 Å². The fraction of sp³-hybridized carbons (Fsp3) is 0.250. The van der Waals surface area contributed by atoms with E-state index in [0.29, 0.717) is 23.1 Å². The second-order valence-electron chi connectivity index (χ2n) is 3.56. The van der Waals surface area contributed by atoms with Crippen molar-refractivity contribution in [2.45, 2.75) is 13.3 Å². The van der Waals surface area contributed by atoms with E-state index in [1.165, 1.54) is 13.4 Å². The fourth-order valence-corrected chi connectivity index (χ4v) is 1.42. The second-order valence-corrected chi connectivity index (χ2v) is 3.56. The number of furan rings is 1. The van der Waals surface area contributed by atoms with Gasteiger partial charge in [-0.2, -0.15) is 0 Å². The Labute approximate surface area is 98.5 Å². The molecule has 0 fully saturated rings. The van der Waals surface area contributed by atoms with Crippen molar-refractivity contribution >= 4 is 5.78 Å². The van der Waals surface area contributed by atoms with E-state index >= 15 is 0 Å². The Balaban J connectivity index is 2.12. The normalized spacial score (nSPS) is 10.2. The smallest absolute Gasteiger partial charge is 0.216 e. The summed E-state index contributed by atoms with van der Waals surface area (Å²) in [6.07, 6.45) is 1.54. The van der Waals surface area contributed by atoms with Gasteiger partial charge in [-0.1, -0.05) is 0 Å². The number of rotatable bonds is 4. The summed E-state index contributed by atoms with van der Waals surface area (Å²) < 4.78 is 10.2. The largest absolute Gasteiger partial charge is 0.481 e. The lowest BCUT2D eigenvalue weighted by Crippen LogP contribution is -2.04. The summed E-state index contributed by atoms with van der Waals surface area (Å²) in [6.45, 7) is 1.80. The number of carbonyl (C=O) groups is 1. The molecule has 0 aromatic carbocycles. The number of carbonyl (C=O) groups excluding carboxylic acids is 1. The van der Waals surface area contributed by atoms with Gasteiger partial charge < -0.3 is 9.15 Å². The molecule has 0 amide bonds. The average molecular weight is 232 g/mol. The number of ketones is 1. The monoisotopic (exact) mass is 232 g/mol. The predicted octanol–water partition coefficient (Wildman–Crippen LogP) is 1.81. The molecule has 0 radical (unpaired) electrons. The molecule has 0 saturated heterocycles. The lowest BCUT2D eigenvalue weighted by Gasteiger charge is -2.00. The molecule has 5 heteroatoms. The molecule has 0 aliphatic rings. The molecule has 0 N–H and O–H groups in total. The quantitative estimate of drug-likeness (QED) is 0.752. The van der Waals surface area contributed by atoms with Crippen LogP contribution in [-0.4, -0.2) is 22.9 Å². The minimum Gasteiger partial charge on any atom is -0.481 e. The van der Waals surface area contributed by atoms with E-state index in [-0.39, 0.29) is 12.2 Å². The number of aromatic nitrogens is 2. The second kappa shape index (κ2) is 4.78. The van der Waals surface area contributed by atoms with Crippen molar-refractivity contribution in [2.75, 3.05) is 7.11 Å². The number of methoxy groups -OCH3 is 1. The third-order valence-corrected chi connectivity index (χ3v) is 2.26. The van der Waals surface area contributed by atoms with Crippen molar-refractivity contribution in [2.24, 2.45) is 0 Å². The molecule has 0 bridgehead atoms. The van der Waals surface area contributed by atoms with E-state index in [0.717, 1.165) is 0 Å². The van der Waals surface area contributed by atoms with Gasteiger partial charge in [-0.05, 0) is 19.1 Å². The van der Waals surface area contributed by atoms with Crippen LogP contribution in [0.5, 0.6) is 5.88 Å². The van der Waals surface area contributed by atoms with Crippen LogP contribution in [0, 0.1) is 6.92 Å². The van der Waals surface area contributed by atoms with Gasteiger partial charge in [-0.15, -0.1) is 0 Å². The van der Waals surface area contributed by atoms with Crippen LogP contribution in [0.15, 0.2) is 28.9 Å². The summed E-state index contributed by atoms with van der Waals surface area (Å²) in [5, 5.41) is 0. The Morgan fingerprint density at radius 3 is 2.88 bits per heavy atom. The van der Waals surface area contributed by atoms with Gasteiger partial charge in [0.15, 0.2) is 5.76 Å². The van der Waals surface area contributed by atoms with E-state index in [9.17, 15) is 4.79 Å². The van der Waals surface area contributed by atoms with Crippen LogP contribution in [-0.2, 0) is 6.42 Å². The third kappa shape index (κ3) is 2.69. The Hall–Kier alpha value is -2.17. The van der Waals surface area contributed by atoms with Crippen LogP contribution in [0.4, 0.5) is 0 Å². The van der Waals surface area contributed by atoms with E-state index in [4.69, 9.17) is 9.15 Å². The molecule has 2 aromatic heterocycles. The number of hydrogen-bond acceptors (Lipinski definition) is 5. The minimum atomic E-state index is -0.112. The number of Topliss-reactive ketones (excluding diaryl/α,β-unsaturated/α-hetero) is 1. The summed E-state index contributed by atoms with van der Waals surface area (Å²) in [5.41, 5.74) is 0.607. The topological polar surface area (TPSA) is 65.2 Å². The summed E-state index contributed by atoms with van der Waals surface area (Å²) in [6, 6.07) is 5.05. The van der Waals surface area contributed by atoms with Crippen molar-refractivity contribution in [3.05, 3.63) is 41.7 Å². The maximum absolute atomic E-state index is 11.8. The molecule has 5 nitrogen and oxygen atoms in total. The first-order valence-electron chi connectivity index (χ1n) is 5.13. The van der Waals surface area contributed by atoms with E-state index in [1.807, 2.05) is 0 Å². The molecular formula is C12H12N2O3. The molecule has 0 saturated carbocycles. The van der Waals surface area contributed by atoms with Crippen molar-refractivity contribution in [3.63, 3.8) is 0 Å². The van der Waals surface area contributed by atoms with Gasteiger partial charge in [0.2, 0.25) is 11.7 Å². The van der Waals surface area contributed by atoms with Gasteiger partial charge in [0.25, 0.3) is 0 Å². The molecule has 0 spiro atoms. The standard InChI is InChI=1S/C12H12N2O3/c1-8-3-4-11(17-8)10(15)5-9-6-12(16-2)14-7-13-9/h3-4,6-7H,5H2,1-2H3. The first-order valence-corrected chi connectivity index (χ1v) is 5.13. The van der Waals surface area contributed by atoms with Gasteiger partial charge in [0.1, 0.15) is 12.1 Å². The fourth-order valence-electron chi connectivity index (χ4n) is 1.42. The van der Waals surface area contributed by atoms with E-state index in [1.54, 1.807) is 25.1 Å². The van der Waals surface area contributed by atoms with E-state index in [2.05, 4.69) is 9.97 Å². The number of hydrogen-bond donors (Lipinski definition) is 0. The molecule has 2 heterocycles. The number of nitrogens with zero attached hydrogens (tertiary/aromatic N) is 2. The Kier molecular flexibility index (Phi) is 3.18. The number of ether oxygens (including phenoxy) is 1. The summed E-state index contributed by atoms with van der Waals surface area (Å²) in [5.74, 6) is 1.39. The zero-order chi connectivity index (χ0) is 12.3. The highest BCUT2D eigenvalue weighted by Gasteiger charge is 2.12. The molecule has 88 valence electrons. The van der Waals surface area contributed by atoms with Gasteiger partial charge in [0.05, 0.1) is 19.2 Å². The molecule has 0 atom stereocenters. The predicted molar refractivity (Wildman–Crippen MR) is 60.1 cm³/mol. The zero-order valence-electron chi connectivity index (χ0n) is 9.64. The molecule has 2 rings (SSSR count). The highest BCUT2D eigenvalue weighted by atomic mass is 16.5. The molecule has 0 aliphatic heterocycles. The molecule has 17 heavy (non-hydrogen) atoms. The summed E-state index contributed by atoms with van der Waals surface area (Å²) >= 11 is 0. The van der Waals surface area contributed by atoms with Crippen molar-refractivity contribution in [1.29, 1.82) is 0 Å². The SMILES string of the molecule is COc1cc(CC(=O)c2ccc(C)o2)ncn1. The Bertz CT molecular complexity index is 534. The van der Waals surface area contributed by atoms with Crippen LogP contribution >= 0.6 is 0 Å². The maximum atomic E-state index is 11.8. The number of aryl methyl sites for hydroxylation is 1. The summed E-state index contributed by atoms with van der Waals surface area (Å²) in [7, 11) is 1.52. The molecule has 2 aromatic rings. The van der Waals surface area contributed by atoms with Crippen LogP contribution in [0.25, 0.3) is 0 Å². The Morgan fingerprint density at radius 1 is 1.41 bits per heavy atom. The average Bonchev–Trinajstić information content (AvgIpc) is 2.76. The van der Waals surface area contributed by atoms with Crippen molar-refractivity contribution in [1.82, 2.24) is 9.97 Å². The first kappa shape index (κ1) is 11.3. The Morgan fingerprint density at radius 2 is 2.24 bits per heavy atom. The highest BCUT2D eigenvalue weighted by Crippen LogP contribution is 2.12. The van der Waals surface area contributed by atoms with Crippen molar-refractivity contribution < 1.29 is 13.9 Å².